The Labute approximate surface area is 168 Å². The van der Waals surface area contributed by atoms with Crippen molar-refractivity contribution < 1.29 is 13.9 Å². The van der Waals surface area contributed by atoms with Crippen molar-refractivity contribution in [3.63, 3.8) is 0 Å². The molecule has 1 aliphatic carbocycles. The van der Waals surface area contributed by atoms with E-state index >= 15 is 0 Å². The fourth-order valence-electron chi connectivity index (χ4n) is 3.86. The number of guanidine groups is 1. The van der Waals surface area contributed by atoms with Crippen molar-refractivity contribution in [2.75, 3.05) is 46.1 Å². The summed E-state index contributed by atoms with van der Waals surface area (Å²) in [5.41, 5.74) is 1.26. The highest BCUT2D eigenvalue weighted by molar-refractivity contribution is 5.79. The van der Waals surface area contributed by atoms with Crippen LogP contribution in [0.3, 0.4) is 0 Å². The Kier molecular flexibility index (Phi) is 8.10. The molecule has 2 fully saturated rings. The van der Waals surface area contributed by atoms with Crippen molar-refractivity contribution in [2.45, 2.75) is 44.4 Å². The number of nitrogens with zero attached hydrogens (tertiary/aromatic N) is 1. The lowest BCUT2D eigenvalue weighted by atomic mass is 9.64. The molecule has 0 bridgehead atoms. The maximum atomic E-state index is 13.3. The van der Waals surface area contributed by atoms with Gasteiger partial charge in [0.2, 0.25) is 0 Å². The first kappa shape index (κ1) is 21.1. The van der Waals surface area contributed by atoms with Gasteiger partial charge in [-0.1, -0.05) is 18.6 Å². The van der Waals surface area contributed by atoms with Crippen molar-refractivity contribution in [1.82, 2.24) is 10.6 Å². The first-order chi connectivity index (χ1) is 13.7. The molecule has 1 unspecified atom stereocenters. The first-order valence-electron chi connectivity index (χ1n) is 10.7. The van der Waals surface area contributed by atoms with Crippen molar-refractivity contribution in [1.29, 1.82) is 0 Å². The van der Waals surface area contributed by atoms with Gasteiger partial charge in [-0.25, -0.2) is 4.39 Å². The van der Waals surface area contributed by atoms with E-state index in [1.807, 2.05) is 12.1 Å². The average Bonchev–Trinajstić information content (AvgIpc) is 3.18. The fraction of sp³-hybridized carbons (Fsp3) is 0.682. The first-order valence-corrected chi connectivity index (χ1v) is 10.7. The van der Waals surface area contributed by atoms with E-state index in [2.05, 4.69) is 17.6 Å². The minimum Gasteiger partial charge on any atom is -0.381 e. The highest BCUT2D eigenvalue weighted by Crippen LogP contribution is 2.44. The molecule has 2 N–H and O–H groups in total. The molecule has 6 heteroatoms. The van der Waals surface area contributed by atoms with Crippen LogP contribution in [0, 0.1) is 11.7 Å². The minimum absolute atomic E-state index is 0.0581. The lowest BCUT2D eigenvalue weighted by Gasteiger charge is -2.41. The Morgan fingerprint density at radius 1 is 1.29 bits per heavy atom. The van der Waals surface area contributed by atoms with Gasteiger partial charge in [-0.05, 0) is 50.3 Å². The van der Waals surface area contributed by atoms with Crippen molar-refractivity contribution >= 4 is 5.96 Å². The van der Waals surface area contributed by atoms with Crippen LogP contribution in [0.15, 0.2) is 29.3 Å². The van der Waals surface area contributed by atoms with Crippen LogP contribution in [-0.4, -0.2) is 52.0 Å². The lowest BCUT2D eigenvalue weighted by molar-refractivity contribution is 0.0888. The van der Waals surface area contributed by atoms with Gasteiger partial charge in [-0.2, -0.15) is 0 Å². The van der Waals surface area contributed by atoms with Gasteiger partial charge in [-0.3, -0.25) is 4.99 Å². The molecule has 5 nitrogen and oxygen atoms in total. The lowest BCUT2D eigenvalue weighted by Crippen LogP contribution is -2.42. The second-order valence-corrected chi connectivity index (χ2v) is 7.92. The highest BCUT2D eigenvalue weighted by Gasteiger charge is 2.38. The van der Waals surface area contributed by atoms with Gasteiger partial charge in [0, 0.05) is 37.6 Å². The maximum Gasteiger partial charge on any atom is 0.191 e. The van der Waals surface area contributed by atoms with Gasteiger partial charge in [0.15, 0.2) is 5.96 Å². The van der Waals surface area contributed by atoms with Crippen molar-refractivity contribution in [3.05, 3.63) is 35.6 Å². The van der Waals surface area contributed by atoms with Crippen LogP contribution < -0.4 is 10.6 Å². The minimum atomic E-state index is -0.181. The standard InChI is InChI=1S/C22H34FN3O2/c1-2-24-21(25-12-4-13-27-15-18-9-14-28-16-18)26-17-22(10-3-11-22)19-5-7-20(23)8-6-19/h5-8,18H,2-4,9-17H2,1H3,(H2,24,25,26). The molecule has 28 heavy (non-hydrogen) atoms. The Bertz CT molecular complexity index is 611. The van der Waals surface area contributed by atoms with Crippen LogP contribution in [0.5, 0.6) is 0 Å². The highest BCUT2D eigenvalue weighted by atomic mass is 19.1. The van der Waals surface area contributed by atoms with Crippen LogP contribution in [-0.2, 0) is 14.9 Å². The quantitative estimate of drug-likeness (QED) is 0.365. The third-order valence-electron chi connectivity index (χ3n) is 5.79. The molecular formula is C22H34FN3O2. The smallest absolute Gasteiger partial charge is 0.191 e. The number of aliphatic imine (C=N–C) groups is 1. The molecule has 2 aliphatic rings. The second-order valence-electron chi connectivity index (χ2n) is 7.92. The summed E-state index contributed by atoms with van der Waals surface area (Å²) in [5, 5.41) is 6.73. The van der Waals surface area contributed by atoms with E-state index in [4.69, 9.17) is 14.5 Å². The van der Waals surface area contributed by atoms with Gasteiger partial charge in [-0.15, -0.1) is 0 Å². The van der Waals surface area contributed by atoms with Crippen molar-refractivity contribution in [3.8, 4) is 0 Å². The zero-order chi connectivity index (χ0) is 19.7. The largest absolute Gasteiger partial charge is 0.381 e. The molecule has 0 radical (unpaired) electrons. The van der Waals surface area contributed by atoms with Gasteiger partial charge in [0.05, 0.1) is 19.8 Å². The summed E-state index contributed by atoms with van der Waals surface area (Å²) in [6, 6.07) is 6.94. The zero-order valence-electron chi connectivity index (χ0n) is 17.0. The Balaban J connectivity index is 1.43. The summed E-state index contributed by atoms with van der Waals surface area (Å²) < 4.78 is 24.4. The summed E-state index contributed by atoms with van der Waals surface area (Å²) in [6.07, 6.45) is 5.49. The SMILES string of the molecule is CCNC(=NCC1(c2ccc(F)cc2)CCC1)NCCCOCC1CCOC1. The maximum absolute atomic E-state index is 13.3. The molecule has 1 aromatic rings. The van der Waals surface area contributed by atoms with E-state index in [0.717, 1.165) is 77.7 Å². The number of halogens is 1. The molecule has 0 amide bonds. The third-order valence-corrected chi connectivity index (χ3v) is 5.79. The van der Waals surface area contributed by atoms with Gasteiger partial charge < -0.3 is 20.1 Å². The zero-order valence-corrected chi connectivity index (χ0v) is 17.0. The molecule has 0 aromatic heterocycles. The van der Waals surface area contributed by atoms with E-state index in [0.29, 0.717) is 5.92 Å². The molecule has 1 saturated heterocycles. The summed E-state index contributed by atoms with van der Waals surface area (Å²) in [6.45, 7) is 7.72. The number of benzene rings is 1. The number of hydrogen-bond donors (Lipinski definition) is 2. The van der Waals surface area contributed by atoms with E-state index in [-0.39, 0.29) is 11.2 Å². The second kappa shape index (κ2) is 10.8. The normalized spacial score (nSPS) is 21.4. The average molecular weight is 392 g/mol. The van der Waals surface area contributed by atoms with Crippen molar-refractivity contribution in [2.24, 2.45) is 10.9 Å². The summed E-state index contributed by atoms with van der Waals surface area (Å²) in [4.78, 5) is 4.83. The van der Waals surface area contributed by atoms with Gasteiger partial charge >= 0.3 is 0 Å². The topological polar surface area (TPSA) is 54.9 Å². The summed E-state index contributed by atoms with van der Waals surface area (Å²) in [7, 11) is 0. The van der Waals surface area contributed by atoms with Gasteiger partial charge in [0.1, 0.15) is 5.82 Å². The van der Waals surface area contributed by atoms with Crippen LogP contribution >= 0.6 is 0 Å². The Hall–Kier alpha value is -1.66. The molecule has 1 atom stereocenters. The number of hydrogen-bond acceptors (Lipinski definition) is 3. The van der Waals surface area contributed by atoms with E-state index in [1.54, 1.807) is 12.1 Å². The number of nitrogens with one attached hydrogen (secondary N) is 2. The molecule has 1 heterocycles. The molecule has 1 aromatic carbocycles. The Morgan fingerprint density at radius 2 is 2.11 bits per heavy atom. The van der Waals surface area contributed by atoms with Crippen LogP contribution in [0.1, 0.15) is 44.6 Å². The number of rotatable bonds is 10. The predicted octanol–water partition coefficient (Wildman–Crippen LogP) is 3.25. The van der Waals surface area contributed by atoms with Crippen LogP contribution in [0.25, 0.3) is 0 Å². The summed E-state index contributed by atoms with van der Waals surface area (Å²) >= 11 is 0. The van der Waals surface area contributed by atoms with E-state index < -0.39 is 0 Å². The third kappa shape index (κ3) is 5.92. The predicted molar refractivity (Wildman–Crippen MR) is 110 cm³/mol. The molecule has 1 aliphatic heterocycles. The molecule has 3 rings (SSSR count). The molecule has 0 spiro atoms. The van der Waals surface area contributed by atoms with E-state index in [9.17, 15) is 4.39 Å². The summed E-state index contributed by atoms with van der Waals surface area (Å²) in [5.74, 6) is 1.23. The number of ether oxygens (including phenoxy) is 2. The fourth-order valence-corrected chi connectivity index (χ4v) is 3.86. The van der Waals surface area contributed by atoms with E-state index in [1.165, 1.54) is 12.0 Å². The van der Waals surface area contributed by atoms with Crippen LogP contribution in [0.2, 0.25) is 0 Å². The Morgan fingerprint density at radius 3 is 2.75 bits per heavy atom. The monoisotopic (exact) mass is 391 g/mol. The van der Waals surface area contributed by atoms with Crippen LogP contribution in [0.4, 0.5) is 4.39 Å². The molecular weight excluding hydrogens is 357 g/mol. The molecule has 1 saturated carbocycles. The molecule has 156 valence electrons. The van der Waals surface area contributed by atoms with Gasteiger partial charge in [0.25, 0.3) is 0 Å².